The number of benzene rings is 1. The van der Waals surface area contributed by atoms with Gasteiger partial charge in [0.15, 0.2) is 5.69 Å². The molecule has 0 spiro atoms. The maximum atomic E-state index is 10.8. The van der Waals surface area contributed by atoms with Gasteiger partial charge < -0.3 is 20.7 Å². The van der Waals surface area contributed by atoms with E-state index in [0.29, 0.717) is 11.3 Å². The number of aliphatic hydroxyl groups is 1. The molecule has 0 radical (unpaired) electrons. The van der Waals surface area contributed by atoms with Gasteiger partial charge in [-0.2, -0.15) is 0 Å². The number of aromatic nitrogens is 1. The lowest BCUT2D eigenvalue weighted by Crippen LogP contribution is -2.04. The number of para-hydroxylation sites is 1. The minimum absolute atomic E-state index is 0.000741. The van der Waals surface area contributed by atoms with Crippen LogP contribution in [-0.4, -0.2) is 21.2 Å². The molecule has 0 amide bonds. The van der Waals surface area contributed by atoms with Gasteiger partial charge in [-0.3, -0.25) is 0 Å². The summed E-state index contributed by atoms with van der Waals surface area (Å²) in [7, 11) is 0. The van der Waals surface area contributed by atoms with Gasteiger partial charge in [0.25, 0.3) is 0 Å². The molecule has 2 rings (SSSR count). The molecule has 0 saturated heterocycles. The molecule has 98 valence electrons. The van der Waals surface area contributed by atoms with Crippen LogP contribution in [0.5, 0.6) is 11.6 Å². The minimum atomic E-state index is -1.17. The number of aromatic carboxylic acids is 1. The van der Waals surface area contributed by atoms with E-state index in [0.717, 1.165) is 0 Å². The molecule has 0 saturated carbocycles. The number of aliphatic hydroxyl groups excluding tert-OH is 1. The van der Waals surface area contributed by atoms with Crippen molar-refractivity contribution in [1.29, 1.82) is 0 Å². The lowest BCUT2D eigenvalue weighted by Gasteiger charge is -2.10. The number of ether oxygens (including phenoxy) is 1. The first-order chi connectivity index (χ1) is 9.11. The van der Waals surface area contributed by atoms with Crippen LogP contribution >= 0.6 is 0 Å². The number of hydrogen-bond donors (Lipinski definition) is 3. The van der Waals surface area contributed by atoms with Crippen LogP contribution in [0.4, 0.5) is 5.69 Å². The van der Waals surface area contributed by atoms with Crippen LogP contribution in [0.3, 0.4) is 0 Å². The highest BCUT2D eigenvalue weighted by Crippen LogP contribution is 2.28. The number of nitrogen functional groups attached to an aromatic ring is 1. The second-order valence-corrected chi connectivity index (χ2v) is 3.76. The number of nitrogens with two attached hydrogens (primary N) is 1. The standard InChI is InChI=1S/C13H12N2O4/c14-9-5-6-10(13(17)18)15-12(9)19-11-4-2-1-3-8(11)7-16/h1-6,16H,7,14H2,(H,17,18). The van der Waals surface area contributed by atoms with E-state index < -0.39 is 5.97 Å². The normalized spacial score (nSPS) is 10.2. The van der Waals surface area contributed by atoms with Crippen molar-refractivity contribution in [3.05, 3.63) is 47.7 Å². The molecule has 6 heteroatoms. The molecule has 0 atom stereocenters. The number of carbonyl (C=O) groups is 1. The lowest BCUT2D eigenvalue weighted by atomic mass is 10.2. The van der Waals surface area contributed by atoms with Crippen LogP contribution in [0.25, 0.3) is 0 Å². The first kappa shape index (κ1) is 12.8. The van der Waals surface area contributed by atoms with Crippen LogP contribution in [-0.2, 0) is 6.61 Å². The second-order valence-electron chi connectivity index (χ2n) is 3.76. The molecule has 0 unspecified atom stereocenters. The highest BCUT2D eigenvalue weighted by Gasteiger charge is 2.12. The number of hydrogen-bond acceptors (Lipinski definition) is 5. The highest BCUT2D eigenvalue weighted by molar-refractivity contribution is 5.86. The second kappa shape index (κ2) is 5.36. The van der Waals surface area contributed by atoms with Crippen molar-refractivity contribution >= 4 is 11.7 Å². The first-order valence-corrected chi connectivity index (χ1v) is 5.48. The predicted molar refractivity (Wildman–Crippen MR) is 68.0 cm³/mol. The summed E-state index contributed by atoms with van der Waals surface area (Å²) in [6.07, 6.45) is 0. The van der Waals surface area contributed by atoms with Crippen LogP contribution in [0, 0.1) is 0 Å². The van der Waals surface area contributed by atoms with E-state index >= 15 is 0 Å². The summed E-state index contributed by atoms with van der Waals surface area (Å²) in [5, 5.41) is 18.1. The Labute approximate surface area is 109 Å². The van der Waals surface area contributed by atoms with Crippen LogP contribution < -0.4 is 10.5 Å². The maximum Gasteiger partial charge on any atom is 0.354 e. The average Bonchev–Trinajstić information content (AvgIpc) is 2.41. The fourth-order valence-corrected chi connectivity index (χ4v) is 1.49. The monoisotopic (exact) mass is 260 g/mol. The summed E-state index contributed by atoms with van der Waals surface area (Å²) in [6, 6.07) is 9.51. The van der Waals surface area contributed by atoms with Crippen molar-refractivity contribution < 1.29 is 19.7 Å². The fourth-order valence-electron chi connectivity index (χ4n) is 1.49. The fraction of sp³-hybridized carbons (Fsp3) is 0.0769. The zero-order valence-electron chi connectivity index (χ0n) is 9.91. The van der Waals surface area contributed by atoms with Crippen molar-refractivity contribution in [3.8, 4) is 11.6 Å². The largest absolute Gasteiger partial charge is 0.477 e. The topological polar surface area (TPSA) is 106 Å². The van der Waals surface area contributed by atoms with Gasteiger partial charge >= 0.3 is 5.97 Å². The summed E-state index contributed by atoms with van der Waals surface area (Å²) >= 11 is 0. The van der Waals surface area contributed by atoms with Gasteiger partial charge in [-0.05, 0) is 18.2 Å². The predicted octanol–water partition coefficient (Wildman–Crippen LogP) is 1.65. The Morgan fingerprint density at radius 3 is 2.68 bits per heavy atom. The summed E-state index contributed by atoms with van der Waals surface area (Å²) in [4.78, 5) is 14.7. The van der Waals surface area contributed by atoms with Gasteiger partial charge in [-0.15, -0.1) is 0 Å². The van der Waals surface area contributed by atoms with Crippen molar-refractivity contribution in [3.63, 3.8) is 0 Å². The SMILES string of the molecule is Nc1ccc(C(=O)O)nc1Oc1ccccc1CO. The summed E-state index contributed by atoms with van der Waals surface area (Å²) in [5.41, 5.74) is 6.30. The van der Waals surface area contributed by atoms with E-state index in [1.54, 1.807) is 24.3 Å². The molecule has 1 aromatic carbocycles. The molecule has 0 aliphatic carbocycles. The minimum Gasteiger partial charge on any atom is -0.477 e. The van der Waals surface area contributed by atoms with Gasteiger partial charge in [0.05, 0.1) is 12.3 Å². The van der Waals surface area contributed by atoms with Crippen LogP contribution in [0.2, 0.25) is 0 Å². The third-order valence-corrected chi connectivity index (χ3v) is 2.46. The van der Waals surface area contributed by atoms with Crippen molar-refractivity contribution in [2.24, 2.45) is 0 Å². The smallest absolute Gasteiger partial charge is 0.354 e. The number of carboxylic acid groups (broad SMARTS) is 1. The Bertz CT molecular complexity index is 613. The third-order valence-electron chi connectivity index (χ3n) is 2.46. The molecule has 4 N–H and O–H groups in total. The van der Waals surface area contributed by atoms with E-state index in [-0.39, 0.29) is 23.9 Å². The Morgan fingerprint density at radius 2 is 2.00 bits per heavy atom. The third kappa shape index (κ3) is 2.80. The average molecular weight is 260 g/mol. The van der Waals surface area contributed by atoms with E-state index in [2.05, 4.69) is 4.98 Å². The maximum absolute atomic E-state index is 10.8. The number of anilines is 1. The number of rotatable bonds is 4. The van der Waals surface area contributed by atoms with E-state index in [1.807, 2.05) is 0 Å². The lowest BCUT2D eigenvalue weighted by molar-refractivity contribution is 0.0689. The molecule has 1 aromatic heterocycles. The molecule has 6 nitrogen and oxygen atoms in total. The van der Waals surface area contributed by atoms with Gasteiger partial charge in [0.2, 0.25) is 5.88 Å². The van der Waals surface area contributed by atoms with Crippen LogP contribution in [0.1, 0.15) is 16.1 Å². The number of carboxylic acids is 1. The van der Waals surface area contributed by atoms with Gasteiger partial charge in [-0.1, -0.05) is 18.2 Å². The van der Waals surface area contributed by atoms with Crippen LogP contribution in [0.15, 0.2) is 36.4 Å². The van der Waals surface area contributed by atoms with E-state index in [9.17, 15) is 9.90 Å². The summed E-state index contributed by atoms with van der Waals surface area (Å²) in [6.45, 7) is -0.200. The van der Waals surface area contributed by atoms with Gasteiger partial charge in [0.1, 0.15) is 5.75 Å². The van der Waals surface area contributed by atoms with Crippen molar-refractivity contribution in [1.82, 2.24) is 4.98 Å². The number of pyridine rings is 1. The summed E-state index contributed by atoms with van der Waals surface area (Å²) < 4.78 is 5.46. The quantitative estimate of drug-likeness (QED) is 0.771. The molecular formula is C13H12N2O4. The molecular weight excluding hydrogens is 248 g/mol. The molecule has 1 heterocycles. The van der Waals surface area contributed by atoms with Gasteiger partial charge in [-0.25, -0.2) is 9.78 Å². The van der Waals surface area contributed by atoms with Gasteiger partial charge in [0, 0.05) is 5.56 Å². The molecule has 0 fully saturated rings. The zero-order valence-corrected chi connectivity index (χ0v) is 9.91. The molecule has 2 aromatic rings. The summed E-state index contributed by atoms with van der Waals surface area (Å²) in [5.74, 6) is -0.784. The Morgan fingerprint density at radius 1 is 1.26 bits per heavy atom. The Hall–Kier alpha value is -2.60. The Balaban J connectivity index is 2.37. The first-order valence-electron chi connectivity index (χ1n) is 5.48. The zero-order chi connectivity index (χ0) is 13.8. The van der Waals surface area contributed by atoms with Crippen molar-refractivity contribution in [2.75, 3.05) is 5.73 Å². The molecule has 0 bridgehead atoms. The Kier molecular flexibility index (Phi) is 3.63. The number of nitrogens with zero attached hydrogens (tertiary/aromatic N) is 1. The van der Waals surface area contributed by atoms with E-state index in [1.165, 1.54) is 12.1 Å². The highest BCUT2D eigenvalue weighted by atomic mass is 16.5. The molecule has 0 aliphatic rings. The molecule has 19 heavy (non-hydrogen) atoms. The van der Waals surface area contributed by atoms with Crippen molar-refractivity contribution in [2.45, 2.75) is 6.61 Å². The van der Waals surface area contributed by atoms with E-state index in [4.69, 9.17) is 15.6 Å². The molecule has 0 aliphatic heterocycles.